The van der Waals surface area contributed by atoms with Crippen LogP contribution in [-0.4, -0.2) is 88.2 Å². The molecule has 296 valence electrons. The number of hydrogen-bond donors (Lipinski definition) is 3. The van der Waals surface area contributed by atoms with E-state index in [2.05, 4.69) is 36.4 Å². The number of carbonyl (C=O) groups is 2. The number of amides is 1. The second-order valence-electron chi connectivity index (χ2n) is 15.8. The number of methoxy groups -OCH3 is 2. The average Bonchev–Trinajstić information content (AvgIpc) is 3.53. The minimum Gasteiger partial charge on any atom is -0.496 e. The van der Waals surface area contributed by atoms with E-state index in [4.69, 9.17) is 29.7 Å². The average molecular weight is 746 g/mol. The zero-order valence-electron chi connectivity index (χ0n) is 33.9. The maximum absolute atomic E-state index is 14.2. The largest absolute Gasteiger partial charge is 0.496 e. The van der Waals surface area contributed by atoms with Crippen molar-refractivity contribution in [2.24, 2.45) is 22.6 Å². The molecule has 1 saturated carbocycles. The van der Waals surface area contributed by atoms with Gasteiger partial charge in [-0.2, -0.15) is 0 Å². The number of hydrogen-bond acceptors (Lipinski definition) is 10. The molecule has 3 atom stereocenters. The highest BCUT2D eigenvalue weighted by molar-refractivity contribution is 6.16. The fourth-order valence-corrected chi connectivity index (χ4v) is 7.29. The molecule has 4 rings (SSSR count). The van der Waals surface area contributed by atoms with Crippen molar-refractivity contribution in [2.45, 2.75) is 90.2 Å². The molecule has 0 heterocycles. The number of nitrogens with two attached hydrogens (primary N) is 1. The molecule has 0 aliphatic heterocycles. The smallest absolute Gasteiger partial charge is 0.336 e. The lowest BCUT2D eigenvalue weighted by atomic mass is 9.82. The summed E-state index contributed by atoms with van der Waals surface area (Å²) in [6.07, 6.45) is 10.8. The third-order valence-electron chi connectivity index (χ3n) is 10.1. The van der Waals surface area contributed by atoms with Crippen LogP contribution in [0, 0.1) is 11.8 Å². The van der Waals surface area contributed by atoms with Crippen molar-refractivity contribution >= 4 is 23.3 Å². The first-order valence-electron chi connectivity index (χ1n) is 19.3. The summed E-state index contributed by atoms with van der Waals surface area (Å²) in [5, 5.41) is 6.24. The fraction of sp³-hybridized carbons (Fsp3) is 0.558. The Kier molecular flexibility index (Phi) is 15.2. The van der Waals surface area contributed by atoms with E-state index >= 15 is 0 Å². The van der Waals surface area contributed by atoms with Crippen LogP contribution in [0.4, 0.5) is 5.69 Å². The number of allylic oxidation sites excluding steroid dienone is 2. The summed E-state index contributed by atoms with van der Waals surface area (Å²) in [6.45, 7) is 13.3. The lowest BCUT2D eigenvalue weighted by Gasteiger charge is -2.37. The van der Waals surface area contributed by atoms with Crippen molar-refractivity contribution in [1.82, 2.24) is 15.5 Å². The second kappa shape index (κ2) is 19.3. The van der Waals surface area contributed by atoms with Crippen LogP contribution in [0.15, 0.2) is 65.3 Å². The Hall–Kier alpha value is -4.35. The quantitative estimate of drug-likeness (QED) is 0.0502. The van der Waals surface area contributed by atoms with Crippen LogP contribution >= 0.6 is 0 Å². The number of rotatable bonds is 18. The predicted octanol–water partition coefficient (Wildman–Crippen LogP) is 6.67. The van der Waals surface area contributed by atoms with Crippen LogP contribution in [0.5, 0.6) is 17.2 Å². The van der Waals surface area contributed by atoms with Gasteiger partial charge < -0.3 is 40.2 Å². The number of aliphatic imine (C=N–C) groups is 1. The summed E-state index contributed by atoms with van der Waals surface area (Å²) in [5.74, 6) is 1.11. The molecule has 1 amide bonds. The van der Waals surface area contributed by atoms with Crippen LogP contribution in [0.3, 0.4) is 0 Å². The fourth-order valence-electron chi connectivity index (χ4n) is 7.29. The molecular formula is C43H63N5O6. The van der Waals surface area contributed by atoms with Crippen LogP contribution in [-0.2, 0) is 14.3 Å². The van der Waals surface area contributed by atoms with E-state index in [0.29, 0.717) is 41.0 Å². The zero-order chi connectivity index (χ0) is 39.5. The summed E-state index contributed by atoms with van der Waals surface area (Å²) < 4.78 is 23.7. The summed E-state index contributed by atoms with van der Waals surface area (Å²) in [4.78, 5) is 35.6. The van der Waals surface area contributed by atoms with Crippen molar-refractivity contribution in [3.63, 3.8) is 0 Å². The van der Waals surface area contributed by atoms with Gasteiger partial charge in [-0.3, -0.25) is 4.79 Å². The van der Waals surface area contributed by atoms with Gasteiger partial charge in [0.05, 0.1) is 43.5 Å². The topological polar surface area (TPSA) is 137 Å². The van der Waals surface area contributed by atoms with Gasteiger partial charge in [-0.05, 0) is 146 Å². The van der Waals surface area contributed by atoms with Gasteiger partial charge >= 0.3 is 5.97 Å². The lowest BCUT2D eigenvalue weighted by Crippen LogP contribution is -2.60. The van der Waals surface area contributed by atoms with Crippen molar-refractivity contribution in [3.05, 3.63) is 71.5 Å². The molecule has 0 radical (unpaired) electrons. The molecular weight excluding hydrogens is 683 g/mol. The normalized spacial score (nSPS) is 20.2. The van der Waals surface area contributed by atoms with Crippen molar-refractivity contribution in [1.29, 1.82) is 0 Å². The van der Waals surface area contributed by atoms with Crippen molar-refractivity contribution in [3.8, 4) is 17.2 Å². The van der Waals surface area contributed by atoms with Gasteiger partial charge in [0.15, 0.2) is 5.54 Å². The molecule has 2 bridgehead atoms. The Morgan fingerprint density at radius 2 is 1.78 bits per heavy atom. The van der Waals surface area contributed by atoms with Crippen LogP contribution < -0.4 is 30.6 Å². The molecule has 2 aliphatic rings. The molecule has 0 aromatic heterocycles. The number of nitrogens with zero attached hydrogens (tertiary/aromatic N) is 2. The van der Waals surface area contributed by atoms with Crippen molar-refractivity contribution < 1.29 is 28.5 Å². The molecule has 11 heteroatoms. The summed E-state index contributed by atoms with van der Waals surface area (Å²) in [6, 6.07) is 11.3. The molecule has 4 N–H and O–H groups in total. The number of ether oxygens (including phenoxy) is 4. The van der Waals surface area contributed by atoms with E-state index in [1.807, 2.05) is 64.2 Å². The van der Waals surface area contributed by atoms with Gasteiger partial charge in [-0.15, -0.1) is 0 Å². The lowest BCUT2D eigenvalue weighted by molar-refractivity contribution is -0.164. The number of esters is 1. The van der Waals surface area contributed by atoms with E-state index in [0.717, 1.165) is 69.5 Å². The Morgan fingerprint density at radius 1 is 1.07 bits per heavy atom. The van der Waals surface area contributed by atoms with E-state index in [1.165, 1.54) is 6.08 Å². The SMILES string of the molecule is CNCCCN(C)CCCOc1ccc(N=C(C=C(N)C(=O)NC2(C(=O)OC(C)(C)C)C=CCC3CCC2C3)c2c(OC)cccc2OC)c(C(C)C)c1. The number of benzene rings is 2. The Bertz CT molecular complexity index is 1660. The summed E-state index contributed by atoms with van der Waals surface area (Å²) >= 11 is 0. The van der Waals surface area contributed by atoms with Gasteiger partial charge in [-0.1, -0.05) is 32.1 Å². The molecule has 2 aromatic carbocycles. The van der Waals surface area contributed by atoms with Crippen molar-refractivity contribution in [2.75, 3.05) is 54.6 Å². The number of fused-ring (bicyclic) bond motifs is 2. The van der Waals surface area contributed by atoms with Crippen LogP contribution in [0.1, 0.15) is 90.2 Å². The molecule has 54 heavy (non-hydrogen) atoms. The standard InChI is InChI=1S/C43H63N5O6/c1-29(2)33-27-32(53-25-13-24-48(7)23-12-22-45-6)19-20-35(33)46-36(39-37(51-8)15-10-16-38(39)52-9)28-34(44)40(49)47-43(41(50)54-42(3,4)5)21-11-14-30-17-18-31(43)26-30/h10-11,15-16,19-21,27-31,45H,12-14,17-18,22-26,44H2,1-9H3,(H,47,49). The Balaban J connectivity index is 1.71. The molecule has 1 fully saturated rings. The number of nitrogens with one attached hydrogen (secondary N) is 2. The molecule has 11 nitrogen and oxygen atoms in total. The van der Waals surface area contributed by atoms with E-state index in [1.54, 1.807) is 26.4 Å². The molecule has 3 unspecified atom stereocenters. The predicted molar refractivity (Wildman–Crippen MR) is 216 cm³/mol. The minimum absolute atomic E-state index is 0.0991. The first-order chi connectivity index (χ1) is 25.7. The highest BCUT2D eigenvalue weighted by Gasteiger charge is 2.51. The first-order valence-corrected chi connectivity index (χ1v) is 19.3. The van der Waals surface area contributed by atoms with Gasteiger partial charge in [0.2, 0.25) is 0 Å². The van der Waals surface area contributed by atoms with Gasteiger partial charge in [0, 0.05) is 6.54 Å². The Labute approximate surface area is 322 Å². The minimum atomic E-state index is -1.35. The first kappa shape index (κ1) is 42.4. The highest BCUT2D eigenvalue weighted by atomic mass is 16.6. The van der Waals surface area contributed by atoms with Gasteiger partial charge in [0.1, 0.15) is 22.8 Å². The van der Waals surface area contributed by atoms with Crippen LogP contribution in [0.2, 0.25) is 0 Å². The van der Waals surface area contributed by atoms with E-state index in [-0.39, 0.29) is 17.5 Å². The van der Waals surface area contributed by atoms with Crippen LogP contribution in [0.25, 0.3) is 0 Å². The third-order valence-corrected chi connectivity index (χ3v) is 10.1. The second-order valence-corrected chi connectivity index (χ2v) is 15.8. The molecule has 0 saturated heterocycles. The van der Waals surface area contributed by atoms with E-state index < -0.39 is 23.0 Å². The molecule has 2 aliphatic carbocycles. The highest BCUT2D eigenvalue weighted by Crippen LogP contribution is 2.44. The zero-order valence-corrected chi connectivity index (χ0v) is 33.9. The molecule has 0 spiro atoms. The Morgan fingerprint density at radius 3 is 2.43 bits per heavy atom. The van der Waals surface area contributed by atoms with Gasteiger partial charge in [0.25, 0.3) is 5.91 Å². The number of carbonyl (C=O) groups excluding carboxylic acids is 2. The summed E-state index contributed by atoms with van der Waals surface area (Å²) in [7, 11) is 7.24. The summed E-state index contributed by atoms with van der Waals surface area (Å²) in [5.41, 5.74) is 6.97. The van der Waals surface area contributed by atoms with Gasteiger partial charge in [-0.25, -0.2) is 9.79 Å². The van der Waals surface area contributed by atoms with E-state index in [9.17, 15) is 9.59 Å². The monoisotopic (exact) mass is 745 g/mol. The maximum atomic E-state index is 14.2. The maximum Gasteiger partial charge on any atom is 0.336 e. The third kappa shape index (κ3) is 11.1. The molecule has 2 aromatic rings.